The fourth-order valence-electron chi connectivity index (χ4n) is 2.07. The Morgan fingerprint density at radius 2 is 1.90 bits per heavy atom. The molecule has 1 N–H and O–H groups in total. The molecular formula is C17H20N2OS. The first-order valence-electron chi connectivity index (χ1n) is 7.00. The van der Waals surface area contributed by atoms with Crippen LogP contribution in [-0.2, 0) is 11.2 Å². The van der Waals surface area contributed by atoms with Gasteiger partial charge in [0.15, 0.2) is 0 Å². The van der Waals surface area contributed by atoms with Crippen molar-refractivity contribution in [3.63, 3.8) is 0 Å². The van der Waals surface area contributed by atoms with Crippen LogP contribution in [0.1, 0.15) is 16.8 Å². The predicted molar refractivity (Wildman–Crippen MR) is 89.8 cm³/mol. The summed E-state index contributed by atoms with van der Waals surface area (Å²) in [6.07, 6.45) is 2.69. The standard InChI is InChI=1S/C17H20N2OS/c1-13-6-5-7-14(2)17(13)19-16(20)12-21-11-9-15-8-3-4-10-18-15/h3-8,10H,9,11-12H2,1-2H3,(H,19,20). The molecule has 21 heavy (non-hydrogen) atoms. The van der Waals surface area contributed by atoms with Crippen LogP contribution in [0.25, 0.3) is 0 Å². The third-order valence-electron chi connectivity index (χ3n) is 3.21. The van der Waals surface area contributed by atoms with Crippen LogP contribution in [0.15, 0.2) is 42.6 Å². The number of carbonyl (C=O) groups excluding carboxylic acids is 1. The molecule has 1 heterocycles. The van der Waals surface area contributed by atoms with Crippen LogP contribution in [0.3, 0.4) is 0 Å². The summed E-state index contributed by atoms with van der Waals surface area (Å²) in [7, 11) is 0. The van der Waals surface area contributed by atoms with Crippen LogP contribution in [0.4, 0.5) is 5.69 Å². The van der Waals surface area contributed by atoms with Crippen LogP contribution in [0.2, 0.25) is 0 Å². The lowest BCUT2D eigenvalue weighted by molar-refractivity contribution is -0.113. The van der Waals surface area contributed by atoms with E-state index in [1.807, 2.05) is 50.2 Å². The summed E-state index contributed by atoms with van der Waals surface area (Å²) >= 11 is 1.64. The zero-order chi connectivity index (χ0) is 15.1. The number of para-hydroxylation sites is 1. The van der Waals surface area contributed by atoms with Crippen LogP contribution < -0.4 is 5.32 Å². The van der Waals surface area contributed by atoms with Gasteiger partial charge in [-0.15, -0.1) is 0 Å². The van der Waals surface area contributed by atoms with E-state index in [2.05, 4.69) is 10.3 Å². The highest BCUT2D eigenvalue weighted by Crippen LogP contribution is 2.19. The van der Waals surface area contributed by atoms with Crippen molar-refractivity contribution >= 4 is 23.4 Å². The molecule has 2 aromatic rings. The van der Waals surface area contributed by atoms with Crippen LogP contribution in [0, 0.1) is 13.8 Å². The van der Waals surface area contributed by atoms with Crippen molar-refractivity contribution in [1.29, 1.82) is 0 Å². The maximum absolute atomic E-state index is 12.0. The van der Waals surface area contributed by atoms with Gasteiger partial charge in [-0.25, -0.2) is 0 Å². The molecular weight excluding hydrogens is 280 g/mol. The van der Waals surface area contributed by atoms with Gasteiger partial charge in [-0.1, -0.05) is 24.3 Å². The fourth-order valence-corrected chi connectivity index (χ4v) is 2.83. The van der Waals surface area contributed by atoms with E-state index < -0.39 is 0 Å². The number of nitrogens with one attached hydrogen (secondary N) is 1. The Morgan fingerprint density at radius 1 is 1.14 bits per heavy atom. The summed E-state index contributed by atoms with van der Waals surface area (Å²) in [6.45, 7) is 4.02. The number of amides is 1. The number of rotatable bonds is 6. The third-order valence-corrected chi connectivity index (χ3v) is 4.17. The maximum atomic E-state index is 12.0. The Hall–Kier alpha value is -1.81. The second-order valence-electron chi connectivity index (χ2n) is 4.94. The van der Waals surface area contributed by atoms with Crippen molar-refractivity contribution in [3.05, 3.63) is 59.4 Å². The zero-order valence-corrected chi connectivity index (χ0v) is 13.2. The van der Waals surface area contributed by atoms with Crippen LogP contribution >= 0.6 is 11.8 Å². The molecule has 0 aliphatic heterocycles. The molecule has 1 aromatic heterocycles. The number of nitrogens with zero attached hydrogens (tertiary/aromatic N) is 1. The summed E-state index contributed by atoms with van der Waals surface area (Å²) in [5.74, 6) is 1.43. The smallest absolute Gasteiger partial charge is 0.234 e. The Labute approximate surface area is 130 Å². The summed E-state index contributed by atoms with van der Waals surface area (Å²) in [5.41, 5.74) is 4.21. The van der Waals surface area contributed by atoms with Crippen molar-refractivity contribution in [2.24, 2.45) is 0 Å². The van der Waals surface area contributed by atoms with Crippen LogP contribution in [-0.4, -0.2) is 22.4 Å². The van der Waals surface area contributed by atoms with E-state index in [-0.39, 0.29) is 5.91 Å². The van der Waals surface area contributed by atoms with E-state index in [0.29, 0.717) is 5.75 Å². The Kier molecular flexibility index (Phi) is 5.81. The van der Waals surface area contributed by atoms with E-state index >= 15 is 0 Å². The first-order chi connectivity index (χ1) is 10.2. The molecule has 4 heteroatoms. The first kappa shape index (κ1) is 15.6. The minimum atomic E-state index is 0.0541. The van der Waals surface area contributed by atoms with Gasteiger partial charge < -0.3 is 5.32 Å². The number of benzene rings is 1. The molecule has 0 unspecified atom stereocenters. The lowest BCUT2D eigenvalue weighted by Gasteiger charge is -2.11. The predicted octanol–water partition coefficient (Wildman–Crippen LogP) is 3.61. The lowest BCUT2D eigenvalue weighted by atomic mass is 10.1. The Balaban J connectivity index is 1.75. The number of hydrogen-bond donors (Lipinski definition) is 1. The number of hydrogen-bond acceptors (Lipinski definition) is 3. The van der Waals surface area contributed by atoms with Gasteiger partial charge >= 0.3 is 0 Å². The van der Waals surface area contributed by atoms with Crippen molar-refractivity contribution in [3.8, 4) is 0 Å². The van der Waals surface area contributed by atoms with Crippen LogP contribution in [0.5, 0.6) is 0 Å². The molecule has 0 spiro atoms. The monoisotopic (exact) mass is 300 g/mol. The van der Waals surface area contributed by atoms with E-state index in [1.165, 1.54) is 0 Å². The molecule has 2 rings (SSSR count). The second kappa shape index (κ2) is 7.84. The average Bonchev–Trinajstić information content (AvgIpc) is 2.49. The number of carbonyl (C=O) groups is 1. The third kappa shape index (κ3) is 4.90. The number of anilines is 1. The molecule has 0 atom stereocenters. The molecule has 0 bridgehead atoms. The number of aryl methyl sites for hydroxylation is 3. The highest BCUT2D eigenvalue weighted by molar-refractivity contribution is 7.99. The molecule has 3 nitrogen and oxygen atoms in total. The molecule has 0 radical (unpaired) electrons. The highest BCUT2D eigenvalue weighted by Gasteiger charge is 2.07. The van der Waals surface area contributed by atoms with Gasteiger partial charge in [-0.3, -0.25) is 9.78 Å². The fraction of sp³-hybridized carbons (Fsp3) is 0.294. The summed E-state index contributed by atoms with van der Waals surface area (Å²) in [4.78, 5) is 16.3. The maximum Gasteiger partial charge on any atom is 0.234 e. The van der Waals surface area contributed by atoms with Gasteiger partial charge in [0, 0.05) is 17.6 Å². The molecule has 1 amide bonds. The molecule has 0 saturated heterocycles. The van der Waals surface area contributed by atoms with E-state index in [0.717, 1.165) is 34.7 Å². The summed E-state index contributed by atoms with van der Waals surface area (Å²) in [5, 5.41) is 3.00. The lowest BCUT2D eigenvalue weighted by Crippen LogP contribution is -2.16. The topological polar surface area (TPSA) is 42.0 Å². The molecule has 1 aromatic carbocycles. The highest BCUT2D eigenvalue weighted by atomic mass is 32.2. The minimum absolute atomic E-state index is 0.0541. The largest absolute Gasteiger partial charge is 0.325 e. The van der Waals surface area contributed by atoms with E-state index in [1.54, 1.807) is 18.0 Å². The van der Waals surface area contributed by atoms with Gasteiger partial charge in [0.2, 0.25) is 5.91 Å². The Bertz CT molecular complexity index is 579. The zero-order valence-electron chi connectivity index (χ0n) is 12.4. The minimum Gasteiger partial charge on any atom is -0.325 e. The van der Waals surface area contributed by atoms with Gasteiger partial charge in [0.25, 0.3) is 0 Å². The number of thioether (sulfide) groups is 1. The quantitative estimate of drug-likeness (QED) is 0.829. The molecule has 0 aliphatic rings. The van der Waals surface area contributed by atoms with Gasteiger partial charge in [-0.05, 0) is 49.3 Å². The number of pyridine rings is 1. The first-order valence-corrected chi connectivity index (χ1v) is 8.16. The summed E-state index contributed by atoms with van der Waals surface area (Å²) in [6, 6.07) is 11.9. The van der Waals surface area contributed by atoms with Crippen molar-refractivity contribution in [2.75, 3.05) is 16.8 Å². The molecule has 0 fully saturated rings. The second-order valence-corrected chi connectivity index (χ2v) is 6.04. The van der Waals surface area contributed by atoms with Crippen molar-refractivity contribution in [1.82, 2.24) is 4.98 Å². The van der Waals surface area contributed by atoms with Gasteiger partial charge in [0.1, 0.15) is 0 Å². The van der Waals surface area contributed by atoms with Crippen molar-refractivity contribution < 1.29 is 4.79 Å². The normalized spacial score (nSPS) is 10.4. The summed E-state index contributed by atoms with van der Waals surface area (Å²) < 4.78 is 0. The van der Waals surface area contributed by atoms with E-state index in [9.17, 15) is 4.79 Å². The number of aromatic nitrogens is 1. The SMILES string of the molecule is Cc1cccc(C)c1NC(=O)CSCCc1ccccn1. The Morgan fingerprint density at radius 3 is 2.57 bits per heavy atom. The molecule has 0 aliphatic carbocycles. The van der Waals surface area contributed by atoms with E-state index in [4.69, 9.17) is 0 Å². The molecule has 0 saturated carbocycles. The molecule has 110 valence electrons. The average molecular weight is 300 g/mol. The van der Waals surface area contributed by atoms with Gasteiger partial charge in [-0.2, -0.15) is 11.8 Å². The van der Waals surface area contributed by atoms with Crippen molar-refractivity contribution in [2.45, 2.75) is 20.3 Å². The van der Waals surface area contributed by atoms with Gasteiger partial charge in [0.05, 0.1) is 5.75 Å².